The van der Waals surface area contributed by atoms with E-state index in [2.05, 4.69) is 36.4 Å². The standard InChI is InChI=1S/C18H23BrN6O2/c1-27-11-24-8-14(7-21-24)22-15(26)17-3-12-2-13(4-17)6-18(5-12,9-17)25-10-20-16(19)23-25/h7-8,10,12-13H,2-6,9,11H2,1H3,(H,22,26). The topological polar surface area (TPSA) is 86.9 Å². The Morgan fingerprint density at radius 1 is 1.37 bits per heavy atom. The predicted octanol–water partition coefficient (Wildman–Crippen LogP) is 2.78. The van der Waals surface area contributed by atoms with Gasteiger partial charge in [0.25, 0.3) is 0 Å². The van der Waals surface area contributed by atoms with E-state index in [1.807, 2.05) is 17.2 Å². The molecule has 1 amide bonds. The Kier molecular flexibility index (Phi) is 3.94. The summed E-state index contributed by atoms with van der Waals surface area (Å²) in [6.07, 6.45) is 11.5. The van der Waals surface area contributed by atoms with Crippen LogP contribution >= 0.6 is 15.9 Å². The van der Waals surface area contributed by atoms with Crippen molar-refractivity contribution >= 4 is 27.5 Å². The lowest BCUT2D eigenvalue weighted by Gasteiger charge is -2.60. The van der Waals surface area contributed by atoms with Crippen molar-refractivity contribution in [2.45, 2.75) is 50.8 Å². The molecule has 2 heterocycles. The zero-order chi connectivity index (χ0) is 18.6. The molecule has 4 aliphatic rings. The van der Waals surface area contributed by atoms with Crippen LogP contribution in [0.2, 0.25) is 0 Å². The number of methoxy groups -OCH3 is 1. The van der Waals surface area contributed by atoms with Crippen molar-refractivity contribution in [1.29, 1.82) is 0 Å². The zero-order valence-corrected chi connectivity index (χ0v) is 16.9. The highest BCUT2D eigenvalue weighted by Crippen LogP contribution is 2.64. The average molecular weight is 435 g/mol. The van der Waals surface area contributed by atoms with Crippen molar-refractivity contribution in [3.8, 4) is 0 Å². The highest BCUT2D eigenvalue weighted by molar-refractivity contribution is 9.10. The van der Waals surface area contributed by atoms with E-state index in [0.717, 1.165) is 37.8 Å². The number of amides is 1. The van der Waals surface area contributed by atoms with Crippen molar-refractivity contribution in [2.75, 3.05) is 12.4 Å². The molecule has 27 heavy (non-hydrogen) atoms. The van der Waals surface area contributed by atoms with Gasteiger partial charge in [0.1, 0.15) is 13.1 Å². The fourth-order valence-electron chi connectivity index (χ4n) is 6.11. The smallest absolute Gasteiger partial charge is 0.230 e. The van der Waals surface area contributed by atoms with Gasteiger partial charge >= 0.3 is 0 Å². The van der Waals surface area contributed by atoms with E-state index in [1.165, 1.54) is 6.42 Å². The molecule has 2 unspecified atom stereocenters. The zero-order valence-electron chi connectivity index (χ0n) is 15.3. The summed E-state index contributed by atoms with van der Waals surface area (Å²) in [5.41, 5.74) is 0.317. The molecule has 4 bridgehead atoms. The first-order valence-corrected chi connectivity index (χ1v) is 10.2. The van der Waals surface area contributed by atoms with Crippen LogP contribution in [0.5, 0.6) is 0 Å². The molecule has 4 aliphatic carbocycles. The second-order valence-corrected chi connectivity index (χ2v) is 9.27. The van der Waals surface area contributed by atoms with Crippen LogP contribution in [0.3, 0.4) is 0 Å². The van der Waals surface area contributed by atoms with Crippen LogP contribution in [0.15, 0.2) is 23.5 Å². The van der Waals surface area contributed by atoms with Gasteiger partial charge in [0.05, 0.1) is 29.0 Å². The molecule has 4 fully saturated rings. The van der Waals surface area contributed by atoms with Crippen molar-refractivity contribution in [1.82, 2.24) is 24.5 Å². The number of rotatable bonds is 5. The molecule has 0 radical (unpaired) electrons. The van der Waals surface area contributed by atoms with Crippen LogP contribution in [0.4, 0.5) is 5.69 Å². The lowest BCUT2D eigenvalue weighted by molar-refractivity contribution is -0.150. The molecule has 144 valence electrons. The van der Waals surface area contributed by atoms with Crippen LogP contribution < -0.4 is 5.32 Å². The summed E-state index contributed by atoms with van der Waals surface area (Å²) >= 11 is 3.37. The Hall–Kier alpha value is -1.74. The number of hydrogen-bond donors (Lipinski definition) is 1. The number of halogens is 1. The van der Waals surface area contributed by atoms with Crippen molar-refractivity contribution in [2.24, 2.45) is 17.3 Å². The van der Waals surface area contributed by atoms with E-state index >= 15 is 0 Å². The fourth-order valence-corrected chi connectivity index (χ4v) is 6.38. The van der Waals surface area contributed by atoms with E-state index in [4.69, 9.17) is 4.74 Å². The monoisotopic (exact) mass is 434 g/mol. The van der Waals surface area contributed by atoms with Gasteiger partial charge in [0, 0.05) is 7.11 Å². The van der Waals surface area contributed by atoms with Gasteiger partial charge in [-0.3, -0.25) is 4.79 Å². The molecule has 6 rings (SSSR count). The summed E-state index contributed by atoms with van der Waals surface area (Å²) in [4.78, 5) is 17.7. The Bertz CT molecular complexity index is 863. The summed E-state index contributed by atoms with van der Waals surface area (Å²) in [5.74, 6) is 1.28. The maximum absolute atomic E-state index is 13.4. The summed E-state index contributed by atoms with van der Waals surface area (Å²) in [7, 11) is 1.62. The van der Waals surface area contributed by atoms with Crippen molar-refractivity contribution in [3.05, 3.63) is 23.5 Å². The first-order valence-electron chi connectivity index (χ1n) is 9.41. The minimum absolute atomic E-state index is 0.0827. The van der Waals surface area contributed by atoms with Crippen LogP contribution in [-0.4, -0.2) is 37.6 Å². The third kappa shape index (κ3) is 2.82. The molecule has 0 saturated heterocycles. The van der Waals surface area contributed by atoms with Crippen molar-refractivity contribution < 1.29 is 9.53 Å². The summed E-state index contributed by atoms with van der Waals surface area (Å²) in [6.45, 7) is 0.370. The summed E-state index contributed by atoms with van der Waals surface area (Å²) in [6, 6.07) is 0. The molecular weight excluding hydrogens is 412 g/mol. The number of nitrogens with zero attached hydrogens (tertiary/aromatic N) is 5. The second-order valence-electron chi connectivity index (χ2n) is 8.56. The molecule has 0 spiro atoms. The molecule has 9 heteroatoms. The third-order valence-corrected chi connectivity index (χ3v) is 6.98. The quantitative estimate of drug-likeness (QED) is 0.781. The molecule has 2 atom stereocenters. The molecule has 2 aromatic heterocycles. The average Bonchev–Trinajstić information content (AvgIpc) is 3.23. The lowest BCUT2D eigenvalue weighted by Crippen LogP contribution is -2.60. The normalized spacial score (nSPS) is 34.1. The van der Waals surface area contributed by atoms with E-state index in [1.54, 1.807) is 18.0 Å². The number of aromatic nitrogens is 5. The number of ether oxygens (including phenoxy) is 1. The van der Waals surface area contributed by atoms with Crippen LogP contribution in [0, 0.1) is 17.3 Å². The number of nitrogens with one attached hydrogen (secondary N) is 1. The molecule has 1 N–H and O–H groups in total. The van der Waals surface area contributed by atoms with Gasteiger partial charge in [-0.1, -0.05) is 0 Å². The SMILES string of the molecule is COCn1cc(NC(=O)C23CC4CC(C2)CC(n2cnc(Br)n2)(C4)C3)cn1. The number of hydrogen-bond acceptors (Lipinski definition) is 5. The highest BCUT2D eigenvalue weighted by Gasteiger charge is 2.61. The fraction of sp³-hybridized carbons (Fsp3) is 0.667. The van der Waals surface area contributed by atoms with Crippen LogP contribution in [-0.2, 0) is 21.8 Å². The van der Waals surface area contributed by atoms with Gasteiger partial charge in [-0.2, -0.15) is 5.10 Å². The van der Waals surface area contributed by atoms with E-state index in [9.17, 15) is 4.79 Å². The summed E-state index contributed by atoms with van der Waals surface area (Å²) in [5, 5.41) is 11.9. The minimum Gasteiger partial charge on any atom is -0.362 e. The van der Waals surface area contributed by atoms with E-state index < -0.39 is 0 Å². The van der Waals surface area contributed by atoms with Gasteiger partial charge in [0.2, 0.25) is 10.6 Å². The maximum Gasteiger partial charge on any atom is 0.230 e. The van der Waals surface area contributed by atoms with Crippen LogP contribution in [0.1, 0.15) is 38.5 Å². The van der Waals surface area contributed by atoms with E-state index in [0.29, 0.717) is 23.3 Å². The first-order chi connectivity index (χ1) is 13.0. The third-order valence-electron chi connectivity index (χ3n) is 6.61. The molecule has 4 saturated carbocycles. The van der Waals surface area contributed by atoms with Crippen molar-refractivity contribution in [3.63, 3.8) is 0 Å². The summed E-state index contributed by atoms with van der Waals surface area (Å²) < 4.78 is 9.38. The second kappa shape index (κ2) is 6.13. The Morgan fingerprint density at radius 2 is 2.15 bits per heavy atom. The minimum atomic E-state index is -0.328. The number of carbonyl (C=O) groups is 1. The number of anilines is 1. The van der Waals surface area contributed by atoms with Gasteiger partial charge in [-0.15, -0.1) is 5.10 Å². The van der Waals surface area contributed by atoms with E-state index in [-0.39, 0.29) is 16.9 Å². The largest absolute Gasteiger partial charge is 0.362 e. The Labute approximate surface area is 165 Å². The molecule has 0 aliphatic heterocycles. The Morgan fingerprint density at radius 3 is 2.81 bits per heavy atom. The van der Waals surface area contributed by atoms with Gasteiger partial charge in [-0.25, -0.2) is 14.3 Å². The molecule has 8 nitrogen and oxygen atoms in total. The molecule has 2 aromatic rings. The lowest BCUT2D eigenvalue weighted by atomic mass is 9.46. The van der Waals surface area contributed by atoms with Gasteiger partial charge in [-0.05, 0) is 66.3 Å². The molecular formula is C18H23BrN6O2. The van der Waals surface area contributed by atoms with Crippen LogP contribution in [0.25, 0.3) is 0 Å². The highest BCUT2D eigenvalue weighted by atomic mass is 79.9. The first kappa shape index (κ1) is 17.4. The maximum atomic E-state index is 13.4. The number of carbonyl (C=O) groups excluding carboxylic acids is 1. The van der Waals surface area contributed by atoms with Gasteiger partial charge in [0.15, 0.2) is 0 Å². The molecule has 0 aromatic carbocycles. The van der Waals surface area contributed by atoms with Gasteiger partial charge < -0.3 is 10.1 Å². The Balaban J connectivity index is 1.42. The predicted molar refractivity (Wildman–Crippen MR) is 101 cm³/mol.